The molecular weight excluding hydrogens is 346 g/mol. The van der Waals surface area contributed by atoms with Crippen molar-refractivity contribution < 1.29 is 9.59 Å². The summed E-state index contributed by atoms with van der Waals surface area (Å²) in [6.07, 6.45) is 8.49. The smallest absolute Gasteiger partial charge is 0.321 e. The summed E-state index contributed by atoms with van der Waals surface area (Å²) in [5.74, 6) is 0.848. The number of thioether (sulfide) groups is 1. The fraction of sp³-hybridized carbons (Fsp3) is 0.600. The van der Waals surface area contributed by atoms with Gasteiger partial charge in [0.25, 0.3) is 0 Å². The first-order valence-electron chi connectivity index (χ1n) is 9.63. The maximum Gasteiger partial charge on any atom is 0.321 e. The van der Waals surface area contributed by atoms with E-state index in [-0.39, 0.29) is 11.9 Å². The van der Waals surface area contributed by atoms with Crippen LogP contribution in [0.5, 0.6) is 0 Å². The number of amides is 3. The number of carbonyl (C=O) groups is 2. The summed E-state index contributed by atoms with van der Waals surface area (Å²) < 4.78 is 0. The van der Waals surface area contributed by atoms with E-state index < -0.39 is 0 Å². The molecule has 26 heavy (non-hydrogen) atoms. The second-order valence-corrected chi connectivity index (χ2v) is 8.11. The SMILES string of the molecule is CSc1ccc(NC(=O)N2CCCN(C(=O)CC3CCCC3)CC2)cc1. The average molecular weight is 376 g/mol. The van der Waals surface area contributed by atoms with E-state index in [2.05, 4.69) is 5.32 Å². The minimum atomic E-state index is -0.0769. The highest BCUT2D eigenvalue weighted by Crippen LogP contribution is 2.28. The van der Waals surface area contributed by atoms with E-state index in [1.807, 2.05) is 40.3 Å². The van der Waals surface area contributed by atoms with Gasteiger partial charge < -0.3 is 15.1 Å². The average Bonchev–Trinajstić information content (AvgIpc) is 3.03. The molecule has 1 heterocycles. The van der Waals surface area contributed by atoms with Crippen LogP contribution in [0.1, 0.15) is 38.5 Å². The lowest BCUT2D eigenvalue weighted by molar-refractivity contribution is -0.132. The standard InChI is InChI=1S/C20H29N3O2S/c1-26-18-9-7-17(8-10-18)21-20(25)23-12-4-11-22(13-14-23)19(24)15-16-5-2-3-6-16/h7-10,16H,2-6,11-15H2,1H3,(H,21,25). The summed E-state index contributed by atoms with van der Waals surface area (Å²) in [7, 11) is 0. The van der Waals surface area contributed by atoms with Crippen LogP contribution in [0.2, 0.25) is 0 Å². The molecule has 1 saturated carbocycles. The second-order valence-electron chi connectivity index (χ2n) is 7.23. The molecule has 2 aliphatic rings. The maximum absolute atomic E-state index is 12.5. The molecular formula is C20H29N3O2S. The number of rotatable bonds is 4. The van der Waals surface area contributed by atoms with E-state index in [4.69, 9.17) is 0 Å². The van der Waals surface area contributed by atoms with Crippen LogP contribution in [-0.4, -0.2) is 54.2 Å². The Bertz CT molecular complexity index is 614. The van der Waals surface area contributed by atoms with Gasteiger partial charge in [-0.15, -0.1) is 11.8 Å². The third-order valence-electron chi connectivity index (χ3n) is 5.42. The van der Waals surface area contributed by atoms with E-state index in [1.54, 1.807) is 11.8 Å². The normalized spacial score (nSPS) is 18.7. The van der Waals surface area contributed by atoms with Crippen molar-refractivity contribution >= 4 is 29.4 Å². The molecule has 1 aliphatic heterocycles. The fourth-order valence-corrected chi connectivity index (χ4v) is 4.25. The van der Waals surface area contributed by atoms with Crippen molar-refractivity contribution in [1.82, 2.24) is 9.80 Å². The fourth-order valence-electron chi connectivity index (χ4n) is 3.84. The van der Waals surface area contributed by atoms with Gasteiger partial charge in [-0.2, -0.15) is 0 Å². The van der Waals surface area contributed by atoms with Gasteiger partial charge in [0.05, 0.1) is 0 Å². The zero-order valence-corrected chi connectivity index (χ0v) is 16.4. The molecule has 0 spiro atoms. The number of nitrogens with zero attached hydrogens (tertiary/aromatic N) is 2. The zero-order valence-electron chi connectivity index (χ0n) is 15.6. The molecule has 142 valence electrons. The summed E-state index contributed by atoms with van der Waals surface area (Å²) in [6, 6.07) is 7.79. The molecule has 1 aliphatic carbocycles. The number of nitrogens with one attached hydrogen (secondary N) is 1. The number of carbonyl (C=O) groups excluding carboxylic acids is 2. The van der Waals surface area contributed by atoms with Crippen molar-refractivity contribution in [3.63, 3.8) is 0 Å². The molecule has 2 fully saturated rings. The number of anilines is 1. The largest absolute Gasteiger partial charge is 0.341 e. The third-order valence-corrected chi connectivity index (χ3v) is 6.16. The molecule has 3 rings (SSSR count). The first-order chi connectivity index (χ1) is 12.7. The molecule has 0 radical (unpaired) electrons. The zero-order chi connectivity index (χ0) is 18.4. The van der Waals surface area contributed by atoms with Crippen molar-refractivity contribution in [3.05, 3.63) is 24.3 Å². The molecule has 5 nitrogen and oxygen atoms in total. The quantitative estimate of drug-likeness (QED) is 0.808. The summed E-state index contributed by atoms with van der Waals surface area (Å²) in [5.41, 5.74) is 0.811. The Morgan fingerprint density at radius 1 is 1.00 bits per heavy atom. The topological polar surface area (TPSA) is 52.7 Å². The van der Waals surface area contributed by atoms with Gasteiger partial charge >= 0.3 is 6.03 Å². The summed E-state index contributed by atoms with van der Waals surface area (Å²) in [5, 5.41) is 2.97. The molecule has 0 aromatic heterocycles. The molecule has 1 aromatic carbocycles. The first-order valence-corrected chi connectivity index (χ1v) is 10.9. The van der Waals surface area contributed by atoms with Gasteiger partial charge in [-0.25, -0.2) is 4.79 Å². The lowest BCUT2D eigenvalue weighted by atomic mass is 10.0. The van der Waals surface area contributed by atoms with Crippen LogP contribution in [0.4, 0.5) is 10.5 Å². The van der Waals surface area contributed by atoms with E-state index in [9.17, 15) is 9.59 Å². The highest BCUT2D eigenvalue weighted by atomic mass is 32.2. The van der Waals surface area contributed by atoms with E-state index >= 15 is 0 Å². The van der Waals surface area contributed by atoms with Gasteiger partial charge in [0, 0.05) is 43.2 Å². The predicted molar refractivity (Wildman–Crippen MR) is 107 cm³/mol. The molecule has 3 amide bonds. The molecule has 0 atom stereocenters. The molecule has 1 aromatic rings. The van der Waals surface area contributed by atoms with Crippen LogP contribution < -0.4 is 5.32 Å². The highest BCUT2D eigenvalue weighted by Gasteiger charge is 2.25. The minimum Gasteiger partial charge on any atom is -0.341 e. The Hall–Kier alpha value is -1.69. The van der Waals surface area contributed by atoms with Gasteiger partial charge in [-0.05, 0) is 55.7 Å². The Morgan fingerprint density at radius 2 is 1.65 bits per heavy atom. The highest BCUT2D eigenvalue weighted by molar-refractivity contribution is 7.98. The van der Waals surface area contributed by atoms with Gasteiger partial charge in [0.1, 0.15) is 0 Å². The number of hydrogen-bond acceptors (Lipinski definition) is 3. The molecule has 1 saturated heterocycles. The molecule has 1 N–H and O–H groups in total. The van der Waals surface area contributed by atoms with E-state index in [0.717, 1.165) is 18.7 Å². The lowest BCUT2D eigenvalue weighted by Crippen LogP contribution is -2.39. The molecule has 6 heteroatoms. The number of benzene rings is 1. The van der Waals surface area contributed by atoms with Crippen LogP contribution in [0.3, 0.4) is 0 Å². The monoisotopic (exact) mass is 375 g/mol. The third kappa shape index (κ3) is 5.16. The van der Waals surface area contributed by atoms with Crippen LogP contribution in [0.15, 0.2) is 29.2 Å². The van der Waals surface area contributed by atoms with Gasteiger partial charge in [0.2, 0.25) is 5.91 Å². The van der Waals surface area contributed by atoms with Gasteiger partial charge in [-0.3, -0.25) is 4.79 Å². The minimum absolute atomic E-state index is 0.0769. The molecule has 0 unspecified atom stereocenters. The Labute approximate surface area is 160 Å². The van der Waals surface area contributed by atoms with Crippen molar-refractivity contribution in [3.8, 4) is 0 Å². The van der Waals surface area contributed by atoms with E-state index in [1.165, 1.54) is 30.6 Å². The van der Waals surface area contributed by atoms with Gasteiger partial charge in [-0.1, -0.05) is 12.8 Å². The van der Waals surface area contributed by atoms with Crippen LogP contribution in [-0.2, 0) is 4.79 Å². The number of urea groups is 1. The Morgan fingerprint density at radius 3 is 2.35 bits per heavy atom. The van der Waals surface area contributed by atoms with Crippen molar-refractivity contribution in [2.24, 2.45) is 5.92 Å². The Kier molecular flexibility index (Phi) is 6.83. The summed E-state index contributed by atoms with van der Waals surface area (Å²) in [6.45, 7) is 2.70. The molecule has 0 bridgehead atoms. The summed E-state index contributed by atoms with van der Waals surface area (Å²) in [4.78, 5) is 30.0. The van der Waals surface area contributed by atoms with Gasteiger partial charge in [0.15, 0.2) is 0 Å². The Balaban J connectivity index is 1.48. The van der Waals surface area contributed by atoms with Crippen LogP contribution in [0.25, 0.3) is 0 Å². The van der Waals surface area contributed by atoms with Crippen molar-refractivity contribution in [1.29, 1.82) is 0 Å². The van der Waals surface area contributed by atoms with Crippen molar-refractivity contribution in [2.75, 3.05) is 37.8 Å². The van der Waals surface area contributed by atoms with Crippen LogP contribution >= 0.6 is 11.8 Å². The first kappa shape index (κ1) is 19.1. The maximum atomic E-state index is 12.5. The lowest BCUT2D eigenvalue weighted by Gasteiger charge is -2.23. The summed E-state index contributed by atoms with van der Waals surface area (Å²) >= 11 is 1.68. The van der Waals surface area contributed by atoms with Crippen LogP contribution in [0, 0.1) is 5.92 Å². The number of hydrogen-bond donors (Lipinski definition) is 1. The second kappa shape index (κ2) is 9.31. The predicted octanol–water partition coefficient (Wildman–Crippen LogP) is 4.06. The van der Waals surface area contributed by atoms with E-state index in [0.29, 0.717) is 32.0 Å². The van der Waals surface area contributed by atoms with Crippen molar-refractivity contribution in [2.45, 2.75) is 43.4 Å².